The number of ether oxygens (including phenoxy) is 2. The topological polar surface area (TPSA) is 64.6 Å². The zero-order valence-corrected chi connectivity index (χ0v) is 21.8. The fraction of sp³-hybridized carbons (Fsp3) is 0.125. The van der Waals surface area contributed by atoms with E-state index in [-0.39, 0.29) is 24.2 Å². The van der Waals surface area contributed by atoms with Gasteiger partial charge in [-0.05, 0) is 70.7 Å². The smallest absolute Gasteiger partial charge is 0.305 e. The number of nitrogens with one attached hydrogen (secondary N) is 1. The maximum Gasteiger partial charge on any atom is 0.305 e. The van der Waals surface area contributed by atoms with Crippen molar-refractivity contribution in [3.05, 3.63) is 126 Å². The maximum atomic E-state index is 12.1. The van der Waals surface area contributed by atoms with Gasteiger partial charge in [0.25, 0.3) is 0 Å². The average molecular weight is 526 g/mol. The maximum absolute atomic E-state index is 12.1. The van der Waals surface area contributed by atoms with Crippen LogP contribution in [0.2, 0.25) is 0 Å². The van der Waals surface area contributed by atoms with Gasteiger partial charge in [0.1, 0.15) is 17.4 Å². The summed E-state index contributed by atoms with van der Waals surface area (Å²) in [5.74, 6) is 0.814. The van der Waals surface area contributed by atoms with E-state index in [0.717, 1.165) is 33.6 Å². The fourth-order valence-electron chi connectivity index (χ4n) is 4.13. The van der Waals surface area contributed by atoms with Crippen molar-refractivity contribution >= 4 is 40.3 Å². The van der Waals surface area contributed by atoms with Gasteiger partial charge in [-0.2, -0.15) is 0 Å². The van der Waals surface area contributed by atoms with E-state index in [0.29, 0.717) is 17.9 Å². The molecule has 0 aliphatic heterocycles. The standard InChI is InChI=1S/C32H28ClNO4/c1-37-31(36)21-20-29(23-8-4-2-5-9-23)32(24-12-16-26(17-13-24)34-30(35)22-33)25-14-18-28(19-15-25)38-27-10-6-3-7-11-27/h2-19H,20-22H2,1H3,(H,34,35)/b32-29+. The lowest BCUT2D eigenvalue weighted by molar-refractivity contribution is -0.140. The van der Waals surface area contributed by atoms with Crippen molar-refractivity contribution in [3.8, 4) is 11.5 Å². The second-order valence-electron chi connectivity index (χ2n) is 8.49. The van der Waals surface area contributed by atoms with Crippen molar-refractivity contribution in [2.24, 2.45) is 0 Å². The molecule has 0 unspecified atom stereocenters. The van der Waals surface area contributed by atoms with Gasteiger partial charge < -0.3 is 14.8 Å². The summed E-state index contributed by atoms with van der Waals surface area (Å²) >= 11 is 5.64. The van der Waals surface area contributed by atoms with E-state index >= 15 is 0 Å². The SMILES string of the molecule is COC(=O)CC/C(=C(/c1ccc(NC(=O)CCl)cc1)c1ccc(Oc2ccccc2)cc1)c1ccccc1. The molecule has 0 spiro atoms. The number of esters is 1. The minimum atomic E-state index is -0.275. The predicted octanol–water partition coefficient (Wildman–Crippen LogP) is 7.57. The van der Waals surface area contributed by atoms with Gasteiger partial charge in [0.15, 0.2) is 0 Å². The number of para-hydroxylation sites is 1. The van der Waals surface area contributed by atoms with Crippen LogP contribution in [0.15, 0.2) is 109 Å². The normalized spacial score (nSPS) is 11.3. The van der Waals surface area contributed by atoms with Gasteiger partial charge in [0, 0.05) is 12.1 Å². The Morgan fingerprint density at radius 3 is 1.82 bits per heavy atom. The van der Waals surface area contributed by atoms with Crippen LogP contribution in [0.25, 0.3) is 11.1 Å². The Morgan fingerprint density at radius 2 is 1.24 bits per heavy atom. The van der Waals surface area contributed by atoms with Gasteiger partial charge in [-0.1, -0.05) is 72.8 Å². The zero-order valence-electron chi connectivity index (χ0n) is 21.0. The Balaban J connectivity index is 1.79. The van der Waals surface area contributed by atoms with E-state index in [1.807, 2.05) is 109 Å². The molecule has 0 atom stereocenters. The first-order valence-corrected chi connectivity index (χ1v) is 12.8. The molecule has 38 heavy (non-hydrogen) atoms. The van der Waals surface area contributed by atoms with Gasteiger partial charge in [-0.3, -0.25) is 9.59 Å². The molecule has 192 valence electrons. The van der Waals surface area contributed by atoms with Gasteiger partial charge in [0.2, 0.25) is 5.91 Å². The third-order valence-electron chi connectivity index (χ3n) is 5.93. The van der Waals surface area contributed by atoms with Crippen molar-refractivity contribution in [1.29, 1.82) is 0 Å². The third-order valence-corrected chi connectivity index (χ3v) is 6.17. The zero-order chi connectivity index (χ0) is 26.7. The van der Waals surface area contributed by atoms with Crippen molar-refractivity contribution in [2.75, 3.05) is 18.3 Å². The average Bonchev–Trinajstić information content (AvgIpc) is 2.97. The molecule has 0 bridgehead atoms. The highest BCUT2D eigenvalue weighted by Gasteiger charge is 2.16. The summed E-state index contributed by atoms with van der Waals surface area (Å²) in [6.07, 6.45) is 0.725. The van der Waals surface area contributed by atoms with Crippen LogP contribution in [0.5, 0.6) is 11.5 Å². The minimum absolute atomic E-state index is 0.115. The number of amides is 1. The summed E-state index contributed by atoms with van der Waals surface area (Å²) in [6.45, 7) is 0. The van der Waals surface area contributed by atoms with Crippen LogP contribution in [0.3, 0.4) is 0 Å². The van der Waals surface area contributed by atoms with Gasteiger partial charge in [-0.25, -0.2) is 0 Å². The molecule has 0 heterocycles. The predicted molar refractivity (Wildman–Crippen MR) is 152 cm³/mol. The van der Waals surface area contributed by atoms with Gasteiger partial charge in [0.05, 0.1) is 7.11 Å². The number of alkyl halides is 1. The summed E-state index contributed by atoms with van der Waals surface area (Å²) in [7, 11) is 1.40. The lowest BCUT2D eigenvalue weighted by atomic mass is 9.87. The number of allylic oxidation sites excluding steroid dienone is 1. The highest BCUT2D eigenvalue weighted by atomic mass is 35.5. The number of carbonyl (C=O) groups excluding carboxylic acids is 2. The molecular formula is C32H28ClNO4. The fourth-order valence-corrected chi connectivity index (χ4v) is 4.19. The first-order valence-electron chi connectivity index (χ1n) is 12.2. The second-order valence-corrected chi connectivity index (χ2v) is 8.76. The molecule has 4 aromatic carbocycles. The second kappa shape index (κ2) is 13.3. The van der Waals surface area contributed by atoms with Crippen LogP contribution in [-0.4, -0.2) is 24.9 Å². The van der Waals surface area contributed by atoms with Crippen LogP contribution in [0.1, 0.15) is 29.5 Å². The van der Waals surface area contributed by atoms with Crippen molar-refractivity contribution in [1.82, 2.24) is 0 Å². The monoisotopic (exact) mass is 525 g/mol. The quantitative estimate of drug-likeness (QED) is 0.132. The highest BCUT2D eigenvalue weighted by Crippen LogP contribution is 2.36. The van der Waals surface area contributed by atoms with Crippen LogP contribution in [-0.2, 0) is 14.3 Å². The van der Waals surface area contributed by atoms with E-state index in [1.54, 1.807) is 0 Å². The van der Waals surface area contributed by atoms with Gasteiger partial charge in [-0.15, -0.1) is 11.6 Å². The number of halogens is 1. The van der Waals surface area contributed by atoms with E-state index < -0.39 is 0 Å². The van der Waals surface area contributed by atoms with E-state index in [1.165, 1.54) is 7.11 Å². The number of hydrogen-bond acceptors (Lipinski definition) is 4. The van der Waals surface area contributed by atoms with Crippen LogP contribution in [0.4, 0.5) is 5.69 Å². The molecular weight excluding hydrogens is 498 g/mol. The molecule has 0 fully saturated rings. The number of methoxy groups -OCH3 is 1. The van der Waals surface area contributed by atoms with Gasteiger partial charge >= 0.3 is 5.97 Å². The Kier molecular flexibility index (Phi) is 9.32. The summed E-state index contributed by atoms with van der Waals surface area (Å²) < 4.78 is 10.9. The molecule has 0 aromatic heterocycles. The number of hydrogen-bond donors (Lipinski definition) is 1. The first-order chi connectivity index (χ1) is 18.6. The molecule has 5 nitrogen and oxygen atoms in total. The molecule has 4 rings (SSSR count). The Morgan fingerprint density at radius 1 is 0.684 bits per heavy atom. The Bertz CT molecular complexity index is 1380. The number of carbonyl (C=O) groups is 2. The molecule has 0 saturated carbocycles. The van der Waals surface area contributed by atoms with Crippen molar-refractivity contribution in [3.63, 3.8) is 0 Å². The van der Waals surface area contributed by atoms with E-state index in [4.69, 9.17) is 21.1 Å². The summed E-state index contributed by atoms with van der Waals surface area (Å²) in [6, 6.07) is 35.1. The number of anilines is 1. The molecule has 0 saturated heterocycles. The third kappa shape index (κ3) is 7.11. The summed E-state index contributed by atoms with van der Waals surface area (Å²) in [5, 5.41) is 2.77. The Labute approximate surface area is 227 Å². The highest BCUT2D eigenvalue weighted by molar-refractivity contribution is 6.29. The van der Waals surface area contributed by atoms with Crippen molar-refractivity contribution in [2.45, 2.75) is 12.8 Å². The summed E-state index contributed by atoms with van der Waals surface area (Å²) in [4.78, 5) is 23.9. The van der Waals surface area contributed by atoms with E-state index in [2.05, 4.69) is 5.32 Å². The molecule has 4 aromatic rings. The van der Waals surface area contributed by atoms with Crippen LogP contribution >= 0.6 is 11.6 Å². The number of rotatable bonds is 10. The largest absolute Gasteiger partial charge is 0.469 e. The molecule has 6 heteroatoms. The number of benzene rings is 4. The molecule has 0 aliphatic carbocycles. The molecule has 0 aliphatic rings. The molecule has 1 N–H and O–H groups in total. The van der Waals surface area contributed by atoms with Crippen molar-refractivity contribution < 1.29 is 19.1 Å². The van der Waals surface area contributed by atoms with Crippen LogP contribution in [0, 0.1) is 0 Å². The Hall–Kier alpha value is -4.35. The van der Waals surface area contributed by atoms with Crippen LogP contribution < -0.4 is 10.1 Å². The molecule has 0 radical (unpaired) electrons. The molecule has 1 amide bonds. The van der Waals surface area contributed by atoms with E-state index in [9.17, 15) is 9.59 Å². The first kappa shape index (κ1) is 26.7. The lowest BCUT2D eigenvalue weighted by Gasteiger charge is -2.18. The minimum Gasteiger partial charge on any atom is -0.469 e. The summed E-state index contributed by atoms with van der Waals surface area (Å²) in [5.41, 5.74) is 5.55. The lowest BCUT2D eigenvalue weighted by Crippen LogP contribution is -2.12.